The number of thioether (sulfide) groups is 1. The Morgan fingerprint density at radius 2 is 2.00 bits per heavy atom. The van der Waals surface area contributed by atoms with Crippen LogP contribution in [0.5, 0.6) is 0 Å². The zero-order valence-corrected chi connectivity index (χ0v) is 19.0. The van der Waals surface area contributed by atoms with Crippen molar-refractivity contribution in [2.75, 3.05) is 46.0 Å². The lowest BCUT2D eigenvalue weighted by atomic mass is 9.87. The second-order valence-electron chi connectivity index (χ2n) is 7.25. The van der Waals surface area contributed by atoms with E-state index in [2.05, 4.69) is 33.5 Å². The molecule has 0 unspecified atom stereocenters. The molecular formula is C18H33IN4OS. The second kappa shape index (κ2) is 10.6. The van der Waals surface area contributed by atoms with Crippen LogP contribution < -0.4 is 5.32 Å². The summed E-state index contributed by atoms with van der Waals surface area (Å²) in [5, 5.41) is 3.40. The molecular weight excluding hydrogens is 447 g/mol. The third-order valence-electron chi connectivity index (χ3n) is 4.72. The first kappa shape index (κ1) is 22.6. The first-order valence-electron chi connectivity index (χ1n) is 8.94. The van der Waals surface area contributed by atoms with Gasteiger partial charge in [0.1, 0.15) is 6.54 Å². The van der Waals surface area contributed by atoms with E-state index in [4.69, 9.17) is 0 Å². The molecule has 0 aromatic rings. The number of nitrogens with one attached hydrogen (secondary N) is 1. The Labute approximate surface area is 174 Å². The molecule has 0 bridgehead atoms. The Hall–Kier alpha value is -0.440. The van der Waals surface area contributed by atoms with Gasteiger partial charge in [0.05, 0.1) is 0 Å². The van der Waals surface area contributed by atoms with Gasteiger partial charge in [0, 0.05) is 44.2 Å². The molecule has 1 heterocycles. The molecule has 0 atom stereocenters. The number of rotatable bonds is 4. The van der Waals surface area contributed by atoms with Crippen molar-refractivity contribution in [3.63, 3.8) is 0 Å². The van der Waals surface area contributed by atoms with E-state index in [1.807, 2.05) is 6.92 Å². The molecule has 1 spiro atoms. The highest BCUT2D eigenvalue weighted by Gasteiger charge is 2.38. The number of halogens is 1. The molecule has 7 heteroatoms. The van der Waals surface area contributed by atoms with Gasteiger partial charge in [-0.3, -0.25) is 4.79 Å². The van der Waals surface area contributed by atoms with Gasteiger partial charge >= 0.3 is 0 Å². The molecule has 0 aromatic carbocycles. The van der Waals surface area contributed by atoms with Crippen molar-refractivity contribution in [3.8, 4) is 0 Å². The molecule has 1 N–H and O–H groups in total. The molecule has 1 saturated carbocycles. The van der Waals surface area contributed by atoms with Crippen LogP contribution in [0.25, 0.3) is 0 Å². The van der Waals surface area contributed by atoms with Gasteiger partial charge in [-0.25, -0.2) is 4.99 Å². The summed E-state index contributed by atoms with van der Waals surface area (Å²) in [5.74, 6) is 2.02. The highest BCUT2D eigenvalue weighted by Crippen LogP contribution is 2.42. The van der Waals surface area contributed by atoms with E-state index in [-0.39, 0.29) is 36.4 Å². The van der Waals surface area contributed by atoms with Crippen LogP contribution in [0.2, 0.25) is 0 Å². The summed E-state index contributed by atoms with van der Waals surface area (Å²) in [6, 6.07) is 0. The number of carbonyl (C=O) groups excluding carboxylic acids is 1. The van der Waals surface area contributed by atoms with Gasteiger partial charge in [-0.05, 0) is 19.8 Å². The van der Waals surface area contributed by atoms with Crippen LogP contribution in [0.1, 0.15) is 39.0 Å². The fraction of sp³-hybridized carbons (Fsp3) is 0.778. The van der Waals surface area contributed by atoms with Crippen molar-refractivity contribution in [1.82, 2.24) is 15.1 Å². The SMILES string of the molecule is C=C(C)CNC(=NCC(=O)N(C)C)N1CCSC2(CCCCC2)C1.I. The summed E-state index contributed by atoms with van der Waals surface area (Å²) < 4.78 is 0.383. The maximum absolute atomic E-state index is 11.9. The summed E-state index contributed by atoms with van der Waals surface area (Å²) in [5.41, 5.74) is 1.07. The molecule has 5 nitrogen and oxygen atoms in total. The average molecular weight is 480 g/mol. The smallest absolute Gasteiger partial charge is 0.243 e. The molecule has 2 rings (SSSR count). The summed E-state index contributed by atoms with van der Waals surface area (Å²) in [4.78, 5) is 20.5. The fourth-order valence-electron chi connectivity index (χ4n) is 3.31. The maximum atomic E-state index is 11.9. The van der Waals surface area contributed by atoms with Crippen molar-refractivity contribution < 1.29 is 4.79 Å². The molecule has 0 aromatic heterocycles. The third-order valence-corrected chi connectivity index (χ3v) is 6.26. The molecule has 1 aliphatic carbocycles. The standard InChI is InChI=1S/C18H32N4OS.HI/c1-15(2)12-19-17(20-13-16(23)21(3)4)22-10-11-24-18(14-22)8-6-5-7-9-18;/h1,5-14H2,2-4H3,(H,19,20);1H. The number of nitrogens with zero attached hydrogens (tertiary/aromatic N) is 3. The van der Waals surface area contributed by atoms with E-state index in [1.54, 1.807) is 19.0 Å². The van der Waals surface area contributed by atoms with Gasteiger partial charge in [-0.1, -0.05) is 31.4 Å². The average Bonchev–Trinajstić information content (AvgIpc) is 2.55. The Kier molecular flexibility index (Phi) is 9.62. The quantitative estimate of drug-likeness (QED) is 0.291. The normalized spacial score (nSPS) is 20.0. The van der Waals surface area contributed by atoms with Gasteiger partial charge in [-0.15, -0.1) is 24.0 Å². The summed E-state index contributed by atoms with van der Waals surface area (Å²) in [7, 11) is 3.54. The highest BCUT2D eigenvalue weighted by atomic mass is 127. The van der Waals surface area contributed by atoms with Gasteiger partial charge in [0.15, 0.2) is 5.96 Å². The molecule has 0 radical (unpaired) electrons. The first-order valence-corrected chi connectivity index (χ1v) is 9.92. The molecule has 1 aliphatic heterocycles. The van der Waals surface area contributed by atoms with Crippen LogP contribution in [0.3, 0.4) is 0 Å². The van der Waals surface area contributed by atoms with Gasteiger partial charge in [0.25, 0.3) is 0 Å². The van der Waals surface area contributed by atoms with E-state index >= 15 is 0 Å². The van der Waals surface area contributed by atoms with Crippen LogP contribution in [-0.2, 0) is 4.79 Å². The lowest BCUT2D eigenvalue weighted by molar-refractivity contribution is -0.127. The summed E-state index contributed by atoms with van der Waals surface area (Å²) in [6.45, 7) is 8.89. The Morgan fingerprint density at radius 3 is 2.60 bits per heavy atom. The van der Waals surface area contributed by atoms with Gasteiger partial charge in [0.2, 0.25) is 5.91 Å². The molecule has 144 valence electrons. The monoisotopic (exact) mass is 480 g/mol. The van der Waals surface area contributed by atoms with Crippen molar-refractivity contribution in [3.05, 3.63) is 12.2 Å². The third kappa shape index (κ3) is 7.00. The van der Waals surface area contributed by atoms with E-state index in [1.165, 1.54) is 32.1 Å². The topological polar surface area (TPSA) is 47.9 Å². The molecule has 2 fully saturated rings. The Morgan fingerprint density at radius 1 is 1.32 bits per heavy atom. The molecule has 25 heavy (non-hydrogen) atoms. The molecule has 2 aliphatic rings. The van der Waals surface area contributed by atoms with Crippen molar-refractivity contribution in [2.24, 2.45) is 4.99 Å². The largest absolute Gasteiger partial charge is 0.353 e. The molecule has 1 amide bonds. The minimum absolute atomic E-state index is 0. The number of guanidine groups is 1. The lowest BCUT2D eigenvalue weighted by Crippen LogP contribution is -2.53. The number of hydrogen-bond acceptors (Lipinski definition) is 3. The van der Waals surface area contributed by atoms with Crippen LogP contribution in [0, 0.1) is 0 Å². The summed E-state index contributed by atoms with van der Waals surface area (Å²) in [6.07, 6.45) is 6.66. The number of likely N-dealkylation sites (N-methyl/N-ethyl adjacent to an activating group) is 1. The lowest BCUT2D eigenvalue weighted by Gasteiger charge is -2.45. The predicted octanol–water partition coefficient (Wildman–Crippen LogP) is 2.97. The van der Waals surface area contributed by atoms with Crippen molar-refractivity contribution in [1.29, 1.82) is 0 Å². The van der Waals surface area contributed by atoms with E-state index in [0.717, 1.165) is 30.4 Å². The van der Waals surface area contributed by atoms with Gasteiger partial charge in [-0.2, -0.15) is 11.8 Å². The van der Waals surface area contributed by atoms with Crippen molar-refractivity contribution >= 4 is 47.6 Å². The number of carbonyl (C=O) groups is 1. The summed E-state index contributed by atoms with van der Waals surface area (Å²) >= 11 is 2.14. The van der Waals surface area contributed by atoms with Crippen molar-refractivity contribution in [2.45, 2.75) is 43.8 Å². The number of amides is 1. The zero-order valence-electron chi connectivity index (χ0n) is 15.8. The predicted molar refractivity (Wildman–Crippen MR) is 119 cm³/mol. The number of hydrogen-bond donors (Lipinski definition) is 1. The number of aliphatic imine (C=N–C) groups is 1. The minimum atomic E-state index is 0. The maximum Gasteiger partial charge on any atom is 0.243 e. The van der Waals surface area contributed by atoms with Crippen LogP contribution in [-0.4, -0.2) is 72.4 Å². The van der Waals surface area contributed by atoms with E-state index in [0.29, 0.717) is 11.3 Å². The Bertz CT molecular complexity index is 484. The van der Waals surface area contributed by atoms with Gasteiger partial charge < -0.3 is 15.1 Å². The van der Waals surface area contributed by atoms with Crippen LogP contribution in [0.15, 0.2) is 17.1 Å². The van der Waals surface area contributed by atoms with E-state index in [9.17, 15) is 4.79 Å². The fourth-order valence-corrected chi connectivity index (χ4v) is 4.87. The Balaban J connectivity index is 0.00000312. The second-order valence-corrected chi connectivity index (χ2v) is 8.82. The first-order chi connectivity index (χ1) is 11.4. The van der Waals surface area contributed by atoms with E-state index < -0.39 is 0 Å². The van der Waals surface area contributed by atoms with Crippen LogP contribution in [0.4, 0.5) is 0 Å². The van der Waals surface area contributed by atoms with Crippen LogP contribution >= 0.6 is 35.7 Å². The molecule has 1 saturated heterocycles. The highest BCUT2D eigenvalue weighted by molar-refractivity contribution is 14.0. The minimum Gasteiger partial charge on any atom is -0.353 e. The zero-order chi connectivity index (χ0) is 17.6.